The molecule has 0 saturated heterocycles. The van der Waals surface area contributed by atoms with Gasteiger partial charge in [-0.3, -0.25) is 4.55 Å². The number of hydrogen-bond donors (Lipinski definition) is 2. The zero-order valence-corrected chi connectivity index (χ0v) is 8.83. The van der Waals surface area contributed by atoms with E-state index >= 15 is 0 Å². The summed E-state index contributed by atoms with van der Waals surface area (Å²) >= 11 is 11.1. The molecule has 0 rings (SSSR count). The third-order valence-electron chi connectivity index (χ3n) is 1.09. The van der Waals surface area contributed by atoms with Gasteiger partial charge in [-0.2, -0.15) is 13.1 Å². The molecule has 0 aliphatic carbocycles. The summed E-state index contributed by atoms with van der Waals surface area (Å²) in [5.74, 6) is 0. The average Bonchev–Trinajstić information content (AvgIpc) is 1.79. The molecular weight excluding hydrogens is 225 g/mol. The SMILES string of the molecule is CC(Cl)CCC(Cl)NS(=O)(=O)O. The molecular formula is C5H11Cl2NO3S. The van der Waals surface area contributed by atoms with E-state index < -0.39 is 15.8 Å². The first-order valence-electron chi connectivity index (χ1n) is 3.34. The highest BCUT2D eigenvalue weighted by atomic mass is 35.5. The number of halogens is 2. The summed E-state index contributed by atoms with van der Waals surface area (Å²) in [5, 5.41) is -0.0607. The van der Waals surface area contributed by atoms with E-state index in [1.807, 2.05) is 4.72 Å². The van der Waals surface area contributed by atoms with Crippen molar-refractivity contribution >= 4 is 33.5 Å². The molecule has 0 fully saturated rings. The van der Waals surface area contributed by atoms with E-state index in [0.717, 1.165) is 0 Å². The first-order chi connectivity index (χ1) is 5.31. The Bertz CT molecular complexity index is 217. The maximum absolute atomic E-state index is 10.2. The largest absolute Gasteiger partial charge is 0.334 e. The van der Waals surface area contributed by atoms with Crippen LogP contribution in [0, 0.1) is 0 Å². The van der Waals surface area contributed by atoms with E-state index in [0.29, 0.717) is 12.8 Å². The van der Waals surface area contributed by atoms with Gasteiger partial charge in [0.25, 0.3) is 0 Å². The van der Waals surface area contributed by atoms with Crippen LogP contribution in [0.1, 0.15) is 19.8 Å². The second-order valence-electron chi connectivity index (χ2n) is 2.42. The van der Waals surface area contributed by atoms with Crippen molar-refractivity contribution in [2.75, 3.05) is 0 Å². The molecule has 74 valence electrons. The standard InChI is InChI=1S/C5H11Cl2NO3S/c1-4(6)2-3-5(7)8-12(9,10)11/h4-5,8H,2-3H2,1H3,(H,9,10,11). The lowest BCUT2D eigenvalue weighted by Crippen LogP contribution is -2.30. The molecule has 0 aromatic rings. The van der Waals surface area contributed by atoms with Crippen LogP contribution in [0.3, 0.4) is 0 Å². The minimum atomic E-state index is -4.20. The summed E-state index contributed by atoms with van der Waals surface area (Å²) in [4.78, 5) is 0. The fourth-order valence-corrected chi connectivity index (χ4v) is 1.63. The molecule has 0 amide bonds. The summed E-state index contributed by atoms with van der Waals surface area (Å²) in [5.41, 5.74) is -0.804. The van der Waals surface area contributed by atoms with Crippen LogP contribution >= 0.6 is 23.2 Å². The average molecular weight is 236 g/mol. The minimum absolute atomic E-state index is 0.0607. The maximum Gasteiger partial charge on any atom is 0.334 e. The molecule has 0 aromatic heterocycles. The summed E-state index contributed by atoms with van der Waals surface area (Å²) in [7, 11) is -4.20. The fraction of sp³-hybridized carbons (Fsp3) is 1.00. The second kappa shape index (κ2) is 5.24. The molecule has 0 heterocycles. The number of alkyl halides is 2. The van der Waals surface area contributed by atoms with Crippen molar-refractivity contribution < 1.29 is 13.0 Å². The Hall–Kier alpha value is 0.450. The Morgan fingerprint density at radius 3 is 2.25 bits per heavy atom. The first-order valence-corrected chi connectivity index (χ1v) is 5.65. The summed E-state index contributed by atoms with van der Waals surface area (Å²) in [6.45, 7) is 1.78. The molecule has 0 aromatic carbocycles. The molecule has 0 aliphatic heterocycles. The Morgan fingerprint density at radius 2 is 1.92 bits per heavy atom. The number of rotatable bonds is 5. The van der Waals surface area contributed by atoms with Gasteiger partial charge < -0.3 is 0 Å². The monoisotopic (exact) mass is 235 g/mol. The van der Waals surface area contributed by atoms with Gasteiger partial charge in [0.05, 0.1) is 5.50 Å². The van der Waals surface area contributed by atoms with Crippen LogP contribution < -0.4 is 4.72 Å². The Labute approximate surface area is 82.1 Å². The predicted octanol–water partition coefficient (Wildman–Crippen LogP) is 1.35. The molecule has 7 heteroatoms. The predicted molar refractivity (Wildman–Crippen MR) is 48.9 cm³/mol. The lowest BCUT2D eigenvalue weighted by Gasteiger charge is -2.09. The van der Waals surface area contributed by atoms with E-state index in [9.17, 15) is 8.42 Å². The highest BCUT2D eigenvalue weighted by Crippen LogP contribution is 2.09. The quantitative estimate of drug-likeness (QED) is 0.430. The van der Waals surface area contributed by atoms with Crippen molar-refractivity contribution in [3.63, 3.8) is 0 Å². The highest BCUT2D eigenvalue weighted by molar-refractivity contribution is 7.83. The zero-order valence-electron chi connectivity index (χ0n) is 6.50. The fourth-order valence-electron chi connectivity index (χ4n) is 0.597. The molecule has 0 aliphatic rings. The van der Waals surface area contributed by atoms with Gasteiger partial charge in [-0.25, -0.2) is 0 Å². The Balaban J connectivity index is 3.68. The summed E-state index contributed by atoms with van der Waals surface area (Å²) in [6.07, 6.45) is 0.963. The van der Waals surface area contributed by atoms with E-state index in [4.69, 9.17) is 27.8 Å². The van der Waals surface area contributed by atoms with Gasteiger partial charge >= 0.3 is 10.3 Å². The number of nitrogens with one attached hydrogen (secondary N) is 1. The van der Waals surface area contributed by atoms with E-state index in [1.165, 1.54) is 0 Å². The van der Waals surface area contributed by atoms with Gasteiger partial charge in [-0.1, -0.05) is 0 Å². The molecule has 0 radical (unpaired) electrons. The van der Waals surface area contributed by atoms with Crippen LogP contribution in [0.5, 0.6) is 0 Å². The highest BCUT2D eigenvalue weighted by Gasteiger charge is 2.12. The molecule has 0 spiro atoms. The van der Waals surface area contributed by atoms with Crippen molar-refractivity contribution in [2.45, 2.75) is 30.6 Å². The lowest BCUT2D eigenvalue weighted by molar-refractivity contribution is 0.461. The van der Waals surface area contributed by atoms with Crippen molar-refractivity contribution in [2.24, 2.45) is 0 Å². The van der Waals surface area contributed by atoms with Crippen LogP contribution in [0.2, 0.25) is 0 Å². The van der Waals surface area contributed by atoms with Crippen LogP contribution in [0.25, 0.3) is 0 Å². The molecule has 12 heavy (non-hydrogen) atoms. The van der Waals surface area contributed by atoms with Gasteiger partial charge in [-0.05, 0) is 19.8 Å². The minimum Gasteiger partial charge on any atom is -0.273 e. The number of hydrogen-bond acceptors (Lipinski definition) is 2. The van der Waals surface area contributed by atoms with E-state index in [2.05, 4.69) is 0 Å². The van der Waals surface area contributed by atoms with E-state index in [-0.39, 0.29) is 5.38 Å². The zero-order chi connectivity index (χ0) is 9.78. The van der Waals surface area contributed by atoms with Gasteiger partial charge in [0, 0.05) is 5.38 Å². The van der Waals surface area contributed by atoms with Crippen molar-refractivity contribution in [1.82, 2.24) is 4.72 Å². The topological polar surface area (TPSA) is 66.4 Å². The van der Waals surface area contributed by atoms with Crippen LogP contribution in [0.15, 0.2) is 0 Å². The first kappa shape index (κ1) is 12.4. The maximum atomic E-state index is 10.2. The normalized spacial score (nSPS) is 17.3. The third-order valence-corrected chi connectivity index (χ3v) is 2.35. The molecule has 2 unspecified atom stereocenters. The smallest absolute Gasteiger partial charge is 0.273 e. The van der Waals surface area contributed by atoms with Crippen LogP contribution in [-0.4, -0.2) is 23.8 Å². The van der Waals surface area contributed by atoms with Gasteiger partial charge in [0.15, 0.2) is 0 Å². The van der Waals surface area contributed by atoms with Crippen molar-refractivity contribution in [1.29, 1.82) is 0 Å². The molecule has 2 N–H and O–H groups in total. The summed E-state index contributed by atoms with van der Waals surface area (Å²) < 4.78 is 30.5. The van der Waals surface area contributed by atoms with Crippen LogP contribution in [0.4, 0.5) is 0 Å². The Kier molecular flexibility index (Phi) is 5.43. The van der Waals surface area contributed by atoms with Gasteiger partial charge in [-0.15, -0.1) is 23.2 Å². The van der Waals surface area contributed by atoms with Crippen LogP contribution in [-0.2, 0) is 10.3 Å². The summed E-state index contributed by atoms with van der Waals surface area (Å²) in [6, 6.07) is 0. The molecule has 2 atom stereocenters. The molecule has 0 saturated carbocycles. The van der Waals surface area contributed by atoms with E-state index in [1.54, 1.807) is 6.92 Å². The molecule has 0 bridgehead atoms. The van der Waals surface area contributed by atoms with Gasteiger partial charge in [0.1, 0.15) is 0 Å². The van der Waals surface area contributed by atoms with Crippen molar-refractivity contribution in [3.8, 4) is 0 Å². The second-order valence-corrected chi connectivity index (χ2v) is 4.88. The Morgan fingerprint density at radius 1 is 1.42 bits per heavy atom. The van der Waals surface area contributed by atoms with Gasteiger partial charge in [0.2, 0.25) is 0 Å². The van der Waals surface area contributed by atoms with Crippen molar-refractivity contribution in [3.05, 3.63) is 0 Å². The molecule has 4 nitrogen and oxygen atoms in total. The lowest BCUT2D eigenvalue weighted by atomic mass is 10.2. The third kappa shape index (κ3) is 8.55.